The first kappa shape index (κ1) is 19.5. The minimum Gasteiger partial charge on any atom is -0.492 e. The minimum absolute atomic E-state index is 0.197. The number of carbonyl (C=O) groups is 1. The van der Waals surface area contributed by atoms with Gasteiger partial charge in [0.05, 0.1) is 18.3 Å². The quantitative estimate of drug-likeness (QED) is 0.439. The second kappa shape index (κ2) is 9.09. The molecule has 0 bridgehead atoms. The van der Waals surface area contributed by atoms with Gasteiger partial charge in [-0.05, 0) is 31.2 Å². The van der Waals surface area contributed by atoms with Crippen LogP contribution in [0.3, 0.4) is 0 Å². The molecule has 4 rings (SSSR count). The van der Waals surface area contributed by atoms with Crippen molar-refractivity contribution in [2.75, 3.05) is 13.2 Å². The Kier molecular flexibility index (Phi) is 5.90. The zero-order valence-electron chi connectivity index (χ0n) is 16.7. The van der Waals surface area contributed by atoms with Crippen LogP contribution >= 0.6 is 0 Å². The standard InChI is InChI=1S/C25H22N2O3/c1-18-11-13-19(14-12-18)23-17-27-25(30-23)22-10-6-5-9-21(22)24(28)26-15-16-29-20-7-3-2-4-8-20/h2-14,17H,15-16H2,1H3,(H,26,28). The smallest absolute Gasteiger partial charge is 0.252 e. The highest BCUT2D eigenvalue weighted by Gasteiger charge is 2.16. The Morgan fingerprint density at radius 1 is 0.967 bits per heavy atom. The summed E-state index contributed by atoms with van der Waals surface area (Å²) in [7, 11) is 0. The summed E-state index contributed by atoms with van der Waals surface area (Å²) in [5.74, 6) is 1.65. The molecule has 0 saturated carbocycles. The summed E-state index contributed by atoms with van der Waals surface area (Å²) in [6.45, 7) is 2.81. The fourth-order valence-corrected chi connectivity index (χ4v) is 3.06. The van der Waals surface area contributed by atoms with Crippen LogP contribution in [0.2, 0.25) is 0 Å². The number of aromatic nitrogens is 1. The van der Waals surface area contributed by atoms with Gasteiger partial charge in [-0.3, -0.25) is 4.79 Å². The van der Waals surface area contributed by atoms with Gasteiger partial charge in [0.25, 0.3) is 5.91 Å². The van der Waals surface area contributed by atoms with Crippen molar-refractivity contribution < 1.29 is 13.9 Å². The summed E-state index contributed by atoms with van der Waals surface area (Å²) in [5.41, 5.74) is 3.28. The van der Waals surface area contributed by atoms with Crippen LogP contribution < -0.4 is 10.1 Å². The van der Waals surface area contributed by atoms with E-state index in [0.29, 0.717) is 35.9 Å². The van der Waals surface area contributed by atoms with Crippen molar-refractivity contribution in [3.63, 3.8) is 0 Å². The molecular formula is C25H22N2O3. The van der Waals surface area contributed by atoms with Crippen molar-refractivity contribution in [2.45, 2.75) is 6.92 Å². The Bertz CT molecular complexity index is 1120. The minimum atomic E-state index is -0.197. The van der Waals surface area contributed by atoms with Crippen LogP contribution in [0.15, 0.2) is 89.5 Å². The molecule has 0 aliphatic rings. The molecule has 0 saturated heterocycles. The van der Waals surface area contributed by atoms with Crippen molar-refractivity contribution in [2.24, 2.45) is 0 Å². The first-order chi connectivity index (χ1) is 14.7. The fraction of sp³-hybridized carbons (Fsp3) is 0.120. The number of hydrogen-bond donors (Lipinski definition) is 1. The summed E-state index contributed by atoms with van der Waals surface area (Å²) < 4.78 is 11.6. The van der Waals surface area contributed by atoms with Gasteiger partial charge in [-0.25, -0.2) is 4.98 Å². The molecule has 0 aliphatic carbocycles. The number of ether oxygens (including phenoxy) is 1. The summed E-state index contributed by atoms with van der Waals surface area (Å²) in [6.07, 6.45) is 1.68. The number of rotatable bonds is 7. The summed E-state index contributed by atoms with van der Waals surface area (Å²) in [4.78, 5) is 17.1. The number of hydrogen-bond acceptors (Lipinski definition) is 4. The molecule has 0 spiro atoms. The molecule has 5 heteroatoms. The van der Waals surface area contributed by atoms with Gasteiger partial charge in [0.15, 0.2) is 5.76 Å². The normalized spacial score (nSPS) is 10.6. The van der Waals surface area contributed by atoms with E-state index >= 15 is 0 Å². The average Bonchev–Trinajstić information content (AvgIpc) is 3.28. The molecular weight excluding hydrogens is 376 g/mol. The van der Waals surface area contributed by atoms with Gasteiger partial charge in [0, 0.05) is 11.1 Å². The Morgan fingerprint density at radius 3 is 2.50 bits per heavy atom. The maximum absolute atomic E-state index is 12.7. The molecule has 1 aromatic heterocycles. The Labute approximate surface area is 175 Å². The maximum Gasteiger partial charge on any atom is 0.252 e. The van der Waals surface area contributed by atoms with Crippen LogP contribution in [0.4, 0.5) is 0 Å². The van der Waals surface area contributed by atoms with E-state index in [-0.39, 0.29) is 5.91 Å². The molecule has 5 nitrogen and oxygen atoms in total. The molecule has 1 amide bonds. The Morgan fingerprint density at radius 2 is 1.70 bits per heavy atom. The molecule has 0 atom stereocenters. The van der Waals surface area contributed by atoms with E-state index < -0.39 is 0 Å². The fourth-order valence-electron chi connectivity index (χ4n) is 3.06. The molecule has 0 fully saturated rings. The maximum atomic E-state index is 12.7. The largest absolute Gasteiger partial charge is 0.492 e. The van der Waals surface area contributed by atoms with Crippen LogP contribution in [0, 0.1) is 6.92 Å². The van der Waals surface area contributed by atoms with Crippen LogP contribution in [0.1, 0.15) is 15.9 Å². The highest BCUT2D eigenvalue weighted by atomic mass is 16.5. The summed E-state index contributed by atoms with van der Waals surface area (Å²) in [5, 5.41) is 2.89. The van der Waals surface area contributed by atoms with Gasteiger partial charge in [0.2, 0.25) is 5.89 Å². The monoisotopic (exact) mass is 398 g/mol. The van der Waals surface area contributed by atoms with Crippen LogP contribution in [-0.2, 0) is 0 Å². The lowest BCUT2D eigenvalue weighted by molar-refractivity contribution is 0.0947. The number of benzene rings is 3. The van der Waals surface area contributed by atoms with E-state index in [9.17, 15) is 4.79 Å². The van der Waals surface area contributed by atoms with E-state index in [2.05, 4.69) is 10.3 Å². The van der Waals surface area contributed by atoms with E-state index in [4.69, 9.17) is 9.15 Å². The van der Waals surface area contributed by atoms with Crippen molar-refractivity contribution in [3.05, 3.63) is 96.2 Å². The SMILES string of the molecule is Cc1ccc(-c2cnc(-c3ccccc3C(=O)NCCOc3ccccc3)o2)cc1. The van der Waals surface area contributed by atoms with Crippen molar-refractivity contribution in [1.82, 2.24) is 10.3 Å². The van der Waals surface area contributed by atoms with Crippen molar-refractivity contribution in [1.29, 1.82) is 0 Å². The molecule has 150 valence electrons. The van der Waals surface area contributed by atoms with E-state index in [0.717, 1.165) is 11.3 Å². The lowest BCUT2D eigenvalue weighted by Crippen LogP contribution is -2.28. The number of carbonyl (C=O) groups excluding carboxylic acids is 1. The number of para-hydroxylation sites is 1. The molecule has 3 aromatic carbocycles. The second-order valence-corrected chi connectivity index (χ2v) is 6.86. The average molecular weight is 398 g/mol. The van der Waals surface area contributed by atoms with E-state index in [1.54, 1.807) is 12.3 Å². The molecule has 1 heterocycles. The first-order valence-corrected chi connectivity index (χ1v) is 9.79. The molecule has 30 heavy (non-hydrogen) atoms. The van der Waals surface area contributed by atoms with Gasteiger partial charge in [-0.15, -0.1) is 0 Å². The van der Waals surface area contributed by atoms with Crippen molar-refractivity contribution >= 4 is 5.91 Å². The molecule has 1 N–H and O–H groups in total. The molecule has 0 radical (unpaired) electrons. The Balaban J connectivity index is 1.44. The van der Waals surface area contributed by atoms with Crippen LogP contribution in [-0.4, -0.2) is 24.0 Å². The summed E-state index contributed by atoms with van der Waals surface area (Å²) >= 11 is 0. The highest BCUT2D eigenvalue weighted by Crippen LogP contribution is 2.28. The first-order valence-electron chi connectivity index (χ1n) is 9.79. The number of oxazole rings is 1. The summed E-state index contributed by atoms with van der Waals surface area (Å²) in [6, 6.07) is 24.8. The highest BCUT2D eigenvalue weighted by molar-refractivity contribution is 6.00. The number of nitrogens with one attached hydrogen (secondary N) is 1. The number of aryl methyl sites for hydroxylation is 1. The van der Waals surface area contributed by atoms with Crippen LogP contribution in [0.25, 0.3) is 22.8 Å². The lowest BCUT2D eigenvalue weighted by Gasteiger charge is -2.09. The third kappa shape index (κ3) is 4.58. The van der Waals surface area contributed by atoms with Gasteiger partial charge >= 0.3 is 0 Å². The molecule has 0 unspecified atom stereocenters. The zero-order chi connectivity index (χ0) is 20.8. The van der Waals surface area contributed by atoms with Gasteiger partial charge < -0.3 is 14.5 Å². The molecule has 4 aromatic rings. The van der Waals surface area contributed by atoms with Crippen LogP contribution in [0.5, 0.6) is 5.75 Å². The lowest BCUT2D eigenvalue weighted by atomic mass is 10.1. The molecule has 0 aliphatic heterocycles. The van der Waals surface area contributed by atoms with E-state index in [1.165, 1.54) is 5.56 Å². The number of amides is 1. The zero-order valence-corrected chi connectivity index (χ0v) is 16.7. The van der Waals surface area contributed by atoms with Gasteiger partial charge in [0.1, 0.15) is 12.4 Å². The van der Waals surface area contributed by atoms with Gasteiger partial charge in [-0.2, -0.15) is 0 Å². The van der Waals surface area contributed by atoms with E-state index in [1.807, 2.05) is 79.7 Å². The topological polar surface area (TPSA) is 64.4 Å². The third-order valence-corrected chi connectivity index (χ3v) is 4.64. The number of nitrogens with zero attached hydrogens (tertiary/aromatic N) is 1. The van der Waals surface area contributed by atoms with Gasteiger partial charge in [-0.1, -0.05) is 60.2 Å². The third-order valence-electron chi connectivity index (χ3n) is 4.64. The second-order valence-electron chi connectivity index (χ2n) is 6.86. The Hall–Kier alpha value is -3.86. The predicted octanol–water partition coefficient (Wildman–Crippen LogP) is 5.13. The van der Waals surface area contributed by atoms with Crippen molar-refractivity contribution in [3.8, 4) is 28.5 Å². The predicted molar refractivity (Wildman–Crippen MR) is 116 cm³/mol.